The Bertz CT molecular complexity index is 313. The molecule has 15 heavy (non-hydrogen) atoms. The number of rotatable bonds is 4. The van der Waals surface area contributed by atoms with E-state index in [1.807, 2.05) is 6.07 Å². The molecule has 1 heteroatoms. The third kappa shape index (κ3) is 3.58. The molecule has 1 rings (SSSR count). The molecule has 0 N–H and O–H groups in total. The highest BCUT2D eigenvalue weighted by molar-refractivity contribution is 5.39. The van der Waals surface area contributed by atoms with Gasteiger partial charge in [-0.25, -0.2) is 0 Å². The smallest absolute Gasteiger partial charge is 0.182 e. The van der Waals surface area contributed by atoms with Crippen molar-refractivity contribution in [2.24, 2.45) is 11.8 Å². The summed E-state index contributed by atoms with van der Waals surface area (Å²) >= 11 is 0. The lowest BCUT2D eigenvalue weighted by atomic mass is 9.92. The molecule has 0 saturated heterocycles. The Hall–Kier alpha value is -0.980. The zero-order chi connectivity index (χ0) is 11.4. The van der Waals surface area contributed by atoms with Crippen molar-refractivity contribution in [1.82, 2.24) is 0 Å². The Balaban J connectivity index is 2.97. The second-order valence-corrected chi connectivity index (χ2v) is 5.09. The van der Waals surface area contributed by atoms with Gasteiger partial charge in [0.05, 0.1) is 0 Å². The van der Waals surface area contributed by atoms with Crippen LogP contribution in [0.4, 0.5) is 0 Å². The zero-order valence-electron chi connectivity index (χ0n) is 10.2. The molecular weight excluding hydrogens is 184 g/mol. The highest BCUT2D eigenvalue weighted by atomic mass is 16.3. The number of benzene rings is 1. The maximum Gasteiger partial charge on any atom is 0.182 e. The standard InChI is InChI=1S/C14H21O/c1-10(2)8-12-6-5-7-14(15)13(12)9-11(3)4/h5-7,10-11H,8-9H2,1-4H3. The summed E-state index contributed by atoms with van der Waals surface area (Å²) in [7, 11) is 0. The Morgan fingerprint density at radius 2 is 1.60 bits per heavy atom. The van der Waals surface area contributed by atoms with Gasteiger partial charge in [-0.3, -0.25) is 5.11 Å². The number of hydrogen-bond donors (Lipinski definition) is 0. The fourth-order valence-electron chi connectivity index (χ4n) is 1.88. The monoisotopic (exact) mass is 205 g/mol. The first-order valence-corrected chi connectivity index (χ1v) is 5.78. The minimum absolute atomic E-state index is 0.210. The van der Waals surface area contributed by atoms with Crippen molar-refractivity contribution in [3.8, 4) is 5.75 Å². The molecule has 0 saturated carbocycles. The van der Waals surface area contributed by atoms with E-state index in [1.165, 1.54) is 5.56 Å². The van der Waals surface area contributed by atoms with E-state index in [0.29, 0.717) is 11.8 Å². The molecule has 1 aromatic carbocycles. The molecular formula is C14H21O. The zero-order valence-corrected chi connectivity index (χ0v) is 10.2. The van der Waals surface area contributed by atoms with Crippen molar-refractivity contribution >= 4 is 0 Å². The fraction of sp³-hybridized carbons (Fsp3) is 0.571. The maximum atomic E-state index is 11.8. The van der Waals surface area contributed by atoms with Gasteiger partial charge in [0.2, 0.25) is 0 Å². The van der Waals surface area contributed by atoms with Gasteiger partial charge < -0.3 is 0 Å². The Labute approximate surface area is 93.1 Å². The summed E-state index contributed by atoms with van der Waals surface area (Å²) in [5.41, 5.74) is 2.27. The fourth-order valence-corrected chi connectivity index (χ4v) is 1.88. The predicted molar refractivity (Wildman–Crippen MR) is 63.7 cm³/mol. The van der Waals surface area contributed by atoms with Crippen LogP contribution < -0.4 is 0 Å². The molecule has 0 fully saturated rings. The van der Waals surface area contributed by atoms with Crippen molar-refractivity contribution < 1.29 is 5.11 Å². The third-order valence-corrected chi connectivity index (χ3v) is 2.47. The van der Waals surface area contributed by atoms with Crippen LogP contribution >= 0.6 is 0 Å². The highest BCUT2D eigenvalue weighted by Gasteiger charge is 2.11. The maximum absolute atomic E-state index is 11.8. The van der Waals surface area contributed by atoms with E-state index in [4.69, 9.17) is 0 Å². The lowest BCUT2D eigenvalue weighted by Crippen LogP contribution is -2.02. The van der Waals surface area contributed by atoms with E-state index in [2.05, 4.69) is 33.8 Å². The van der Waals surface area contributed by atoms with Crippen molar-refractivity contribution in [2.45, 2.75) is 40.5 Å². The Kier molecular flexibility index (Phi) is 4.19. The van der Waals surface area contributed by atoms with Gasteiger partial charge in [-0.1, -0.05) is 39.8 Å². The van der Waals surface area contributed by atoms with Gasteiger partial charge >= 0.3 is 0 Å². The van der Waals surface area contributed by atoms with Crippen LogP contribution in [0.3, 0.4) is 0 Å². The summed E-state index contributed by atoms with van der Waals surface area (Å²) in [6.45, 7) is 8.70. The summed E-state index contributed by atoms with van der Waals surface area (Å²) in [4.78, 5) is 0. The van der Waals surface area contributed by atoms with Gasteiger partial charge in [-0.15, -0.1) is 0 Å². The van der Waals surface area contributed by atoms with E-state index in [1.54, 1.807) is 6.07 Å². The van der Waals surface area contributed by atoms with E-state index in [0.717, 1.165) is 18.4 Å². The van der Waals surface area contributed by atoms with Crippen LogP contribution in [0.1, 0.15) is 38.8 Å². The van der Waals surface area contributed by atoms with Crippen LogP contribution in [0, 0.1) is 11.8 Å². The van der Waals surface area contributed by atoms with Crippen molar-refractivity contribution in [2.75, 3.05) is 0 Å². The first kappa shape index (κ1) is 12.1. The first-order valence-electron chi connectivity index (χ1n) is 5.78. The number of hydrogen-bond acceptors (Lipinski definition) is 0. The van der Waals surface area contributed by atoms with Crippen LogP contribution in [0.25, 0.3) is 0 Å². The summed E-state index contributed by atoms with van der Waals surface area (Å²) in [5.74, 6) is 1.37. The molecule has 0 aliphatic heterocycles. The summed E-state index contributed by atoms with van der Waals surface area (Å²) in [6, 6.07) is 5.66. The Morgan fingerprint density at radius 1 is 1.00 bits per heavy atom. The van der Waals surface area contributed by atoms with E-state index in [-0.39, 0.29) is 5.75 Å². The van der Waals surface area contributed by atoms with Gasteiger partial charge in [0.25, 0.3) is 0 Å². The molecule has 0 amide bonds. The molecule has 0 aliphatic carbocycles. The van der Waals surface area contributed by atoms with Crippen molar-refractivity contribution in [3.63, 3.8) is 0 Å². The van der Waals surface area contributed by atoms with Crippen LogP contribution in [0.5, 0.6) is 5.75 Å². The van der Waals surface area contributed by atoms with Crippen LogP contribution in [0.15, 0.2) is 18.2 Å². The molecule has 1 radical (unpaired) electrons. The molecule has 1 aromatic rings. The molecule has 0 atom stereocenters. The molecule has 0 bridgehead atoms. The summed E-state index contributed by atoms with van der Waals surface area (Å²) in [6.07, 6.45) is 1.92. The van der Waals surface area contributed by atoms with Crippen LogP contribution in [-0.4, -0.2) is 0 Å². The Morgan fingerprint density at radius 3 is 2.13 bits per heavy atom. The average Bonchev–Trinajstić information content (AvgIpc) is 2.09. The quantitative estimate of drug-likeness (QED) is 0.701. The SMILES string of the molecule is CC(C)Cc1cccc([O])c1CC(C)C. The van der Waals surface area contributed by atoms with Crippen LogP contribution in [-0.2, 0) is 17.9 Å². The van der Waals surface area contributed by atoms with E-state index in [9.17, 15) is 5.11 Å². The first-order chi connectivity index (χ1) is 7.00. The van der Waals surface area contributed by atoms with Gasteiger partial charge in [-0.05, 0) is 36.3 Å². The topological polar surface area (TPSA) is 19.9 Å². The minimum atomic E-state index is 0.210. The molecule has 0 unspecified atom stereocenters. The van der Waals surface area contributed by atoms with Gasteiger partial charge in [0.15, 0.2) is 5.75 Å². The second kappa shape index (κ2) is 5.20. The molecule has 0 aromatic heterocycles. The van der Waals surface area contributed by atoms with Gasteiger partial charge in [-0.2, -0.15) is 0 Å². The normalized spacial score (nSPS) is 11.3. The summed E-state index contributed by atoms with van der Waals surface area (Å²) < 4.78 is 0. The van der Waals surface area contributed by atoms with Crippen molar-refractivity contribution in [1.29, 1.82) is 0 Å². The lowest BCUT2D eigenvalue weighted by molar-refractivity contribution is 0.346. The van der Waals surface area contributed by atoms with Crippen LogP contribution in [0.2, 0.25) is 0 Å². The van der Waals surface area contributed by atoms with E-state index >= 15 is 0 Å². The molecule has 0 heterocycles. The third-order valence-electron chi connectivity index (χ3n) is 2.47. The molecule has 1 nitrogen and oxygen atoms in total. The van der Waals surface area contributed by atoms with Gasteiger partial charge in [0.1, 0.15) is 0 Å². The minimum Gasteiger partial charge on any atom is -0.290 e. The highest BCUT2D eigenvalue weighted by Crippen LogP contribution is 2.26. The second-order valence-electron chi connectivity index (χ2n) is 5.09. The lowest BCUT2D eigenvalue weighted by Gasteiger charge is -2.13. The molecule has 0 spiro atoms. The van der Waals surface area contributed by atoms with Crippen molar-refractivity contribution in [3.05, 3.63) is 29.3 Å². The molecule has 83 valence electrons. The average molecular weight is 205 g/mol. The molecule has 0 aliphatic rings. The van der Waals surface area contributed by atoms with Gasteiger partial charge in [0, 0.05) is 5.56 Å². The van der Waals surface area contributed by atoms with E-state index < -0.39 is 0 Å². The largest absolute Gasteiger partial charge is 0.290 e. The predicted octanol–water partition coefficient (Wildman–Crippen LogP) is 4.23. The summed E-state index contributed by atoms with van der Waals surface area (Å²) in [5, 5.41) is 11.8.